The lowest BCUT2D eigenvalue weighted by Gasteiger charge is -2.27. The Morgan fingerprint density at radius 3 is 2.61 bits per heavy atom. The van der Waals surface area contributed by atoms with Crippen molar-refractivity contribution in [1.29, 1.82) is 0 Å². The molecule has 1 aliphatic carbocycles. The van der Waals surface area contributed by atoms with Gasteiger partial charge in [0.2, 0.25) is 5.82 Å². The van der Waals surface area contributed by atoms with E-state index in [1.807, 2.05) is 0 Å². The lowest BCUT2D eigenvalue weighted by atomic mass is 9.93. The number of aromatic nitrogens is 2. The van der Waals surface area contributed by atoms with Gasteiger partial charge in [-0.15, -0.1) is 0 Å². The van der Waals surface area contributed by atoms with Crippen molar-refractivity contribution in [3.05, 3.63) is 17.8 Å². The largest absolute Gasteiger partial charge is 0.474 e. The van der Waals surface area contributed by atoms with Gasteiger partial charge in [-0.1, -0.05) is 25.7 Å². The minimum absolute atomic E-state index is 0.0107. The molecule has 100 valence electrons. The molecule has 1 aliphatic rings. The van der Waals surface area contributed by atoms with E-state index in [4.69, 9.17) is 10.5 Å². The quantitative estimate of drug-likeness (QED) is 0.840. The highest BCUT2D eigenvalue weighted by atomic mass is 19.1. The molecular weight excluding hydrogens is 233 g/mol. The second-order valence-electron chi connectivity index (χ2n) is 5.14. The summed E-state index contributed by atoms with van der Waals surface area (Å²) in [5, 5.41) is 0. The molecule has 2 rings (SSSR count). The fourth-order valence-electron chi connectivity index (χ4n) is 2.33. The van der Waals surface area contributed by atoms with Gasteiger partial charge >= 0.3 is 0 Å². The van der Waals surface area contributed by atoms with Crippen molar-refractivity contribution in [3.63, 3.8) is 0 Å². The number of rotatable bonds is 3. The SMILES string of the molecule is Cc1ncnc(OCC2(N)CCCCCC2)c1F. The van der Waals surface area contributed by atoms with Crippen LogP contribution in [0.3, 0.4) is 0 Å². The maximum atomic E-state index is 13.7. The fraction of sp³-hybridized carbons (Fsp3) is 0.692. The van der Waals surface area contributed by atoms with E-state index in [-0.39, 0.29) is 11.4 Å². The highest BCUT2D eigenvalue weighted by Crippen LogP contribution is 2.26. The third-order valence-electron chi connectivity index (χ3n) is 3.53. The number of nitrogens with zero attached hydrogens (tertiary/aromatic N) is 2. The number of hydrogen-bond donors (Lipinski definition) is 1. The van der Waals surface area contributed by atoms with Gasteiger partial charge in [0.1, 0.15) is 12.9 Å². The van der Waals surface area contributed by atoms with E-state index in [1.165, 1.54) is 19.2 Å². The second-order valence-corrected chi connectivity index (χ2v) is 5.14. The molecule has 0 atom stereocenters. The van der Waals surface area contributed by atoms with E-state index in [2.05, 4.69) is 9.97 Å². The van der Waals surface area contributed by atoms with Crippen LogP contribution in [-0.4, -0.2) is 22.1 Å². The minimum atomic E-state index is -0.491. The summed E-state index contributed by atoms with van der Waals surface area (Å²) in [5.74, 6) is -0.480. The summed E-state index contributed by atoms with van der Waals surface area (Å²) in [6.07, 6.45) is 7.84. The number of halogens is 1. The van der Waals surface area contributed by atoms with Gasteiger partial charge < -0.3 is 10.5 Å². The third kappa shape index (κ3) is 3.16. The predicted octanol–water partition coefficient (Wildman–Crippen LogP) is 2.35. The zero-order valence-electron chi connectivity index (χ0n) is 10.8. The first-order valence-corrected chi connectivity index (χ1v) is 6.49. The second kappa shape index (κ2) is 5.61. The zero-order chi connectivity index (χ0) is 13.0. The summed E-state index contributed by atoms with van der Waals surface area (Å²) in [6, 6.07) is 0. The maximum Gasteiger partial charge on any atom is 0.253 e. The Balaban J connectivity index is 1.99. The fourth-order valence-corrected chi connectivity index (χ4v) is 2.33. The average Bonchev–Trinajstić information content (AvgIpc) is 2.57. The topological polar surface area (TPSA) is 61.0 Å². The van der Waals surface area contributed by atoms with Crippen LogP contribution in [0.5, 0.6) is 5.88 Å². The number of aryl methyl sites for hydroxylation is 1. The van der Waals surface area contributed by atoms with Crippen molar-refractivity contribution in [3.8, 4) is 5.88 Å². The van der Waals surface area contributed by atoms with Gasteiger partial charge in [-0.2, -0.15) is 9.37 Å². The number of ether oxygens (including phenoxy) is 1. The Bertz CT molecular complexity index is 403. The molecule has 18 heavy (non-hydrogen) atoms. The standard InChI is InChI=1S/C13H20FN3O/c1-10-11(14)12(17-9-16-10)18-8-13(15)6-4-2-3-5-7-13/h9H,2-8,15H2,1H3. The van der Waals surface area contributed by atoms with Gasteiger partial charge in [0, 0.05) is 0 Å². The van der Waals surface area contributed by atoms with Gasteiger partial charge in [-0.25, -0.2) is 4.98 Å². The molecule has 0 radical (unpaired) electrons. The van der Waals surface area contributed by atoms with E-state index in [0.717, 1.165) is 25.7 Å². The molecule has 1 aromatic heterocycles. The van der Waals surface area contributed by atoms with Gasteiger partial charge in [0.25, 0.3) is 5.88 Å². The zero-order valence-corrected chi connectivity index (χ0v) is 10.8. The van der Waals surface area contributed by atoms with Crippen LogP contribution < -0.4 is 10.5 Å². The van der Waals surface area contributed by atoms with Crippen LogP contribution in [0.1, 0.15) is 44.2 Å². The Morgan fingerprint density at radius 2 is 1.94 bits per heavy atom. The van der Waals surface area contributed by atoms with Gasteiger partial charge in [0.05, 0.1) is 11.2 Å². The monoisotopic (exact) mass is 253 g/mol. The summed E-state index contributed by atoms with van der Waals surface area (Å²) >= 11 is 0. The van der Waals surface area contributed by atoms with Crippen molar-refractivity contribution in [1.82, 2.24) is 9.97 Å². The molecule has 0 aliphatic heterocycles. The summed E-state index contributed by atoms with van der Waals surface area (Å²) < 4.78 is 19.1. The van der Waals surface area contributed by atoms with E-state index in [0.29, 0.717) is 12.3 Å². The smallest absolute Gasteiger partial charge is 0.253 e. The molecule has 2 N–H and O–H groups in total. The van der Waals surface area contributed by atoms with Crippen LogP contribution in [0, 0.1) is 12.7 Å². The highest BCUT2D eigenvalue weighted by molar-refractivity contribution is 5.16. The summed E-state index contributed by atoms with van der Waals surface area (Å²) in [7, 11) is 0. The number of hydrogen-bond acceptors (Lipinski definition) is 4. The minimum Gasteiger partial charge on any atom is -0.474 e. The normalized spacial score (nSPS) is 19.3. The van der Waals surface area contributed by atoms with Crippen molar-refractivity contribution in [2.75, 3.05) is 6.61 Å². The molecule has 0 saturated heterocycles. The van der Waals surface area contributed by atoms with Crippen molar-refractivity contribution in [2.24, 2.45) is 5.73 Å². The molecule has 0 amide bonds. The molecule has 1 fully saturated rings. The molecular formula is C13H20FN3O. The van der Waals surface area contributed by atoms with Gasteiger partial charge in [-0.05, 0) is 19.8 Å². The van der Waals surface area contributed by atoms with Crippen LogP contribution in [0.4, 0.5) is 4.39 Å². The maximum absolute atomic E-state index is 13.7. The van der Waals surface area contributed by atoms with Crippen LogP contribution in [0.2, 0.25) is 0 Å². The van der Waals surface area contributed by atoms with Gasteiger partial charge in [-0.3, -0.25) is 0 Å². The van der Waals surface area contributed by atoms with Crippen LogP contribution >= 0.6 is 0 Å². The first-order chi connectivity index (χ1) is 8.61. The summed E-state index contributed by atoms with van der Waals surface area (Å²) in [4.78, 5) is 7.58. The Kier molecular flexibility index (Phi) is 4.11. The first kappa shape index (κ1) is 13.2. The summed E-state index contributed by atoms with van der Waals surface area (Å²) in [5.41, 5.74) is 6.26. The molecule has 0 unspecified atom stereocenters. The van der Waals surface area contributed by atoms with Gasteiger partial charge in [0.15, 0.2) is 0 Å². The average molecular weight is 253 g/mol. The molecule has 0 aromatic carbocycles. The molecule has 0 spiro atoms. The Hall–Kier alpha value is -1.23. The molecule has 4 nitrogen and oxygen atoms in total. The number of nitrogens with two attached hydrogens (primary N) is 1. The Morgan fingerprint density at radius 1 is 1.28 bits per heavy atom. The van der Waals surface area contributed by atoms with E-state index >= 15 is 0 Å². The highest BCUT2D eigenvalue weighted by Gasteiger charge is 2.27. The predicted molar refractivity (Wildman–Crippen MR) is 66.8 cm³/mol. The van der Waals surface area contributed by atoms with E-state index < -0.39 is 5.82 Å². The van der Waals surface area contributed by atoms with Crippen molar-refractivity contribution >= 4 is 0 Å². The Labute approximate surface area is 107 Å². The van der Waals surface area contributed by atoms with E-state index in [9.17, 15) is 4.39 Å². The molecule has 1 saturated carbocycles. The molecule has 1 heterocycles. The molecule has 5 heteroatoms. The third-order valence-corrected chi connectivity index (χ3v) is 3.53. The van der Waals surface area contributed by atoms with Crippen molar-refractivity contribution in [2.45, 2.75) is 51.0 Å². The summed E-state index contributed by atoms with van der Waals surface area (Å²) in [6.45, 7) is 1.91. The van der Waals surface area contributed by atoms with Crippen LogP contribution in [-0.2, 0) is 0 Å². The first-order valence-electron chi connectivity index (χ1n) is 6.49. The molecule has 1 aromatic rings. The lowest BCUT2D eigenvalue weighted by molar-refractivity contribution is 0.186. The van der Waals surface area contributed by atoms with E-state index in [1.54, 1.807) is 6.92 Å². The lowest BCUT2D eigenvalue weighted by Crippen LogP contribution is -2.45. The molecule has 0 bridgehead atoms. The van der Waals surface area contributed by atoms with Crippen LogP contribution in [0.25, 0.3) is 0 Å². The van der Waals surface area contributed by atoms with Crippen molar-refractivity contribution < 1.29 is 9.13 Å². The van der Waals surface area contributed by atoms with Crippen LogP contribution in [0.15, 0.2) is 6.33 Å².